The largest absolute Gasteiger partial charge is 0.493 e. The first-order valence-corrected chi connectivity index (χ1v) is 12.7. The summed E-state index contributed by atoms with van der Waals surface area (Å²) >= 11 is 12.2. The minimum Gasteiger partial charge on any atom is -0.493 e. The number of amides is 3. The summed E-state index contributed by atoms with van der Waals surface area (Å²) in [6, 6.07) is 18.2. The summed E-state index contributed by atoms with van der Waals surface area (Å²) in [6.07, 6.45) is 1.30. The van der Waals surface area contributed by atoms with Crippen molar-refractivity contribution in [2.75, 3.05) is 39.2 Å². The van der Waals surface area contributed by atoms with Gasteiger partial charge in [0.25, 0.3) is 0 Å². The molecule has 7 nitrogen and oxygen atoms in total. The summed E-state index contributed by atoms with van der Waals surface area (Å²) in [5, 5.41) is 3.62. The molecule has 3 aromatic rings. The third kappa shape index (κ3) is 6.67. The van der Waals surface area contributed by atoms with Gasteiger partial charge in [0.15, 0.2) is 11.5 Å². The van der Waals surface area contributed by atoms with Crippen molar-refractivity contribution in [3.63, 3.8) is 0 Å². The van der Waals surface area contributed by atoms with E-state index in [0.717, 1.165) is 16.7 Å². The summed E-state index contributed by atoms with van der Waals surface area (Å²) in [4.78, 5) is 29.9. The van der Waals surface area contributed by atoms with Gasteiger partial charge in [0, 0.05) is 24.7 Å². The van der Waals surface area contributed by atoms with E-state index < -0.39 is 6.03 Å². The topological polar surface area (TPSA) is 71.1 Å². The number of urea groups is 1. The van der Waals surface area contributed by atoms with Gasteiger partial charge in [0.2, 0.25) is 5.91 Å². The summed E-state index contributed by atoms with van der Waals surface area (Å²) in [5.74, 6) is 1.16. The first-order valence-electron chi connectivity index (χ1n) is 11.9. The van der Waals surface area contributed by atoms with Crippen molar-refractivity contribution in [3.05, 3.63) is 87.4 Å². The van der Waals surface area contributed by atoms with Crippen molar-refractivity contribution in [2.45, 2.75) is 19.4 Å². The van der Waals surface area contributed by atoms with Gasteiger partial charge in [-0.2, -0.15) is 0 Å². The lowest BCUT2D eigenvalue weighted by Crippen LogP contribution is -2.46. The summed E-state index contributed by atoms with van der Waals surface area (Å²) in [6.45, 7) is 1.29. The molecule has 194 valence electrons. The number of benzene rings is 3. The van der Waals surface area contributed by atoms with Crippen LogP contribution in [0, 0.1) is 0 Å². The molecule has 0 saturated heterocycles. The van der Waals surface area contributed by atoms with Gasteiger partial charge in [-0.1, -0.05) is 53.5 Å². The predicted molar refractivity (Wildman–Crippen MR) is 146 cm³/mol. The minimum absolute atomic E-state index is 0.0630. The molecule has 1 N–H and O–H groups in total. The number of methoxy groups -OCH3 is 2. The van der Waals surface area contributed by atoms with Crippen molar-refractivity contribution in [2.24, 2.45) is 0 Å². The molecule has 0 fully saturated rings. The highest BCUT2D eigenvalue weighted by molar-refractivity contribution is 6.36. The van der Waals surface area contributed by atoms with E-state index in [4.69, 9.17) is 32.7 Å². The number of fused-ring (bicyclic) bond motifs is 1. The second-order valence-corrected chi connectivity index (χ2v) is 9.60. The smallest absolute Gasteiger partial charge is 0.322 e. The standard InChI is InChI=1S/C28H29Cl2N3O4/c1-36-25-14-20-11-13-32(17-21(20)15-26(25)37-2)27(34)18-33(12-10-19-6-4-3-5-7-19)28(35)31-24-9-8-22(29)16-23(24)30/h3-9,14-16H,10-13,17-18H2,1-2H3,(H,31,35). The summed E-state index contributed by atoms with van der Waals surface area (Å²) < 4.78 is 10.8. The Bertz CT molecular complexity index is 1270. The lowest BCUT2D eigenvalue weighted by atomic mass is 9.98. The molecule has 9 heteroatoms. The van der Waals surface area contributed by atoms with Crippen molar-refractivity contribution in [1.82, 2.24) is 9.80 Å². The molecule has 0 aliphatic carbocycles. The number of nitrogens with one attached hydrogen (secondary N) is 1. The van der Waals surface area contributed by atoms with Crippen LogP contribution in [0.15, 0.2) is 60.7 Å². The van der Waals surface area contributed by atoms with E-state index in [1.807, 2.05) is 42.5 Å². The van der Waals surface area contributed by atoms with Gasteiger partial charge in [0.05, 0.1) is 24.9 Å². The van der Waals surface area contributed by atoms with Crippen LogP contribution < -0.4 is 14.8 Å². The Morgan fingerprint density at radius 1 is 0.973 bits per heavy atom. The molecular formula is C28H29Cl2N3O4. The highest BCUT2D eigenvalue weighted by Gasteiger charge is 2.26. The molecule has 0 saturated carbocycles. The molecule has 0 unspecified atom stereocenters. The molecular weight excluding hydrogens is 513 g/mol. The molecule has 1 aliphatic heterocycles. The monoisotopic (exact) mass is 541 g/mol. The van der Waals surface area contributed by atoms with Crippen LogP contribution in [0.25, 0.3) is 0 Å². The van der Waals surface area contributed by atoms with Gasteiger partial charge in [-0.05, 0) is 59.9 Å². The fourth-order valence-electron chi connectivity index (χ4n) is 4.31. The second kappa shape index (κ2) is 12.2. The zero-order chi connectivity index (χ0) is 26.4. The van der Waals surface area contributed by atoms with Gasteiger partial charge >= 0.3 is 6.03 Å². The zero-order valence-corrected chi connectivity index (χ0v) is 22.3. The maximum absolute atomic E-state index is 13.4. The van der Waals surface area contributed by atoms with Crippen molar-refractivity contribution < 1.29 is 19.1 Å². The zero-order valence-electron chi connectivity index (χ0n) is 20.8. The highest BCUT2D eigenvalue weighted by Crippen LogP contribution is 2.33. The number of halogens is 2. The van der Waals surface area contributed by atoms with Gasteiger partial charge in [-0.15, -0.1) is 0 Å². The molecule has 37 heavy (non-hydrogen) atoms. The lowest BCUT2D eigenvalue weighted by Gasteiger charge is -2.32. The van der Waals surface area contributed by atoms with Gasteiger partial charge in [-0.25, -0.2) is 4.79 Å². The van der Waals surface area contributed by atoms with Crippen molar-refractivity contribution in [1.29, 1.82) is 0 Å². The van der Waals surface area contributed by atoms with Crippen LogP contribution in [0.2, 0.25) is 10.0 Å². The molecule has 0 spiro atoms. The van der Waals surface area contributed by atoms with Gasteiger partial charge in [-0.3, -0.25) is 4.79 Å². The Hall–Kier alpha value is -3.42. The molecule has 0 bridgehead atoms. The normalized spacial score (nSPS) is 12.5. The van der Waals surface area contributed by atoms with Crippen LogP contribution in [0.1, 0.15) is 16.7 Å². The maximum Gasteiger partial charge on any atom is 0.322 e. The number of ether oxygens (including phenoxy) is 2. The molecule has 0 aromatic heterocycles. The molecule has 0 atom stereocenters. The Morgan fingerprint density at radius 2 is 1.68 bits per heavy atom. The van der Waals surface area contributed by atoms with Crippen LogP contribution >= 0.6 is 23.2 Å². The Morgan fingerprint density at radius 3 is 2.35 bits per heavy atom. The number of carbonyl (C=O) groups excluding carboxylic acids is 2. The van der Waals surface area contributed by atoms with Crippen LogP contribution in [-0.2, 0) is 24.2 Å². The van der Waals surface area contributed by atoms with E-state index in [9.17, 15) is 9.59 Å². The molecule has 1 aliphatic rings. The van der Waals surface area contributed by atoms with Gasteiger partial charge < -0.3 is 24.6 Å². The average Bonchev–Trinajstić information content (AvgIpc) is 2.91. The molecule has 3 aromatic carbocycles. The van der Waals surface area contributed by atoms with E-state index in [0.29, 0.717) is 59.7 Å². The lowest BCUT2D eigenvalue weighted by molar-refractivity contribution is -0.132. The number of carbonyl (C=O) groups is 2. The fourth-order valence-corrected chi connectivity index (χ4v) is 4.76. The second-order valence-electron chi connectivity index (χ2n) is 8.75. The van der Waals surface area contributed by atoms with Gasteiger partial charge in [0.1, 0.15) is 6.54 Å². The average molecular weight is 542 g/mol. The Kier molecular flexibility index (Phi) is 8.79. The Labute approximate surface area is 226 Å². The number of nitrogens with zero attached hydrogens (tertiary/aromatic N) is 2. The van der Waals surface area contributed by atoms with E-state index in [-0.39, 0.29) is 12.5 Å². The highest BCUT2D eigenvalue weighted by atomic mass is 35.5. The fraction of sp³-hybridized carbons (Fsp3) is 0.286. The van der Waals surface area contributed by atoms with Crippen LogP contribution in [0.5, 0.6) is 11.5 Å². The van der Waals surface area contributed by atoms with E-state index in [1.165, 1.54) is 4.90 Å². The van der Waals surface area contributed by atoms with Crippen LogP contribution in [0.3, 0.4) is 0 Å². The SMILES string of the molecule is COc1cc2c(cc1OC)CN(C(=O)CN(CCc1ccccc1)C(=O)Nc1ccc(Cl)cc1Cl)CC2. The third-order valence-corrected chi connectivity index (χ3v) is 6.92. The Balaban J connectivity index is 1.49. The summed E-state index contributed by atoms with van der Waals surface area (Å²) in [7, 11) is 3.20. The minimum atomic E-state index is -0.405. The van der Waals surface area contributed by atoms with Crippen molar-refractivity contribution >= 4 is 40.8 Å². The van der Waals surface area contributed by atoms with Crippen LogP contribution in [0.4, 0.5) is 10.5 Å². The number of anilines is 1. The first kappa shape index (κ1) is 26.6. The van der Waals surface area contributed by atoms with E-state index >= 15 is 0 Å². The molecule has 1 heterocycles. The molecule has 4 rings (SSSR count). The third-order valence-electron chi connectivity index (χ3n) is 6.37. The van der Waals surface area contributed by atoms with E-state index in [1.54, 1.807) is 37.3 Å². The van der Waals surface area contributed by atoms with Crippen LogP contribution in [-0.4, -0.2) is 55.6 Å². The number of hydrogen-bond acceptors (Lipinski definition) is 4. The maximum atomic E-state index is 13.4. The van der Waals surface area contributed by atoms with E-state index in [2.05, 4.69) is 5.32 Å². The van der Waals surface area contributed by atoms with Crippen molar-refractivity contribution in [3.8, 4) is 11.5 Å². The quantitative estimate of drug-likeness (QED) is 0.398. The number of rotatable bonds is 8. The first-order chi connectivity index (χ1) is 17.9. The molecule has 3 amide bonds. The summed E-state index contributed by atoms with van der Waals surface area (Å²) in [5.41, 5.74) is 3.63. The predicted octanol–water partition coefficient (Wildman–Crippen LogP) is 5.67. The molecule has 0 radical (unpaired) electrons. The number of hydrogen-bond donors (Lipinski definition) is 1.